The van der Waals surface area contributed by atoms with E-state index in [9.17, 15) is 4.79 Å². The first kappa shape index (κ1) is 19.7. The summed E-state index contributed by atoms with van der Waals surface area (Å²) in [5, 5.41) is 10.1. The van der Waals surface area contributed by atoms with Gasteiger partial charge in [-0.1, -0.05) is 30.7 Å². The van der Waals surface area contributed by atoms with Gasteiger partial charge in [-0.25, -0.2) is 4.98 Å². The second-order valence-electron chi connectivity index (χ2n) is 6.12. The van der Waals surface area contributed by atoms with E-state index < -0.39 is 0 Å². The van der Waals surface area contributed by atoms with Crippen molar-refractivity contribution >= 4 is 23.2 Å². The highest BCUT2D eigenvalue weighted by molar-refractivity contribution is 6.32. The summed E-state index contributed by atoms with van der Waals surface area (Å²) in [7, 11) is 1.51. The Hall–Kier alpha value is -3.06. The lowest BCUT2D eigenvalue weighted by molar-refractivity contribution is 0.102. The van der Waals surface area contributed by atoms with Gasteiger partial charge in [0.2, 0.25) is 0 Å². The maximum atomic E-state index is 12.7. The minimum absolute atomic E-state index is 0.314. The zero-order valence-electron chi connectivity index (χ0n) is 15.9. The van der Waals surface area contributed by atoms with Crippen molar-refractivity contribution in [3.8, 4) is 22.9 Å². The van der Waals surface area contributed by atoms with Crippen molar-refractivity contribution in [3.05, 3.63) is 52.8 Å². The van der Waals surface area contributed by atoms with Crippen LogP contribution in [0, 0.1) is 6.92 Å². The highest BCUT2D eigenvalue weighted by Crippen LogP contribution is 2.36. The van der Waals surface area contributed by atoms with Crippen LogP contribution in [0.15, 0.2) is 36.4 Å². The quantitative estimate of drug-likeness (QED) is 0.610. The Labute approximate surface area is 168 Å². The number of aromatic amines is 1. The van der Waals surface area contributed by atoms with Gasteiger partial charge in [-0.2, -0.15) is 5.10 Å². The molecular formula is C20H21ClN4O3. The Bertz CT molecular complexity index is 987. The van der Waals surface area contributed by atoms with Crippen LogP contribution in [-0.4, -0.2) is 34.8 Å². The van der Waals surface area contributed by atoms with Crippen LogP contribution in [0.5, 0.6) is 11.5 Å². The van der Waals surface area contributed by atoms with Crippen LogP contribution in [0.4, 0.5) is 5.69 Å². The summed E-state index contributed by atoms with van der Waals surface area (Å²) in [5.41, 5.74) is 1.78. The van der Waals surface area contributed by atoms with E-state index in [1.807, 2.05) is 26.0 Å². The van der Waals surface area contributed by atoms with Gasteiger partial charge >= 0.3 is 0 Å². The summed E-state index contributed by atoms with van der Waals surface area (Å²) in [6, 6.07) is 10.5. The molecule has 8 heteroatoms. The van der Waals surface area contributed by atoms with E-state index in [-0.39, 0.29) is 5.91 Å². The molecule has 0 radical (unpaired) electrons. The van der Waals surface area contributed by atoms with Crippen LogP contribution in [0.3, 0.4) is 0 Å². The van der Waals surface area contributed by atoms with Crippen LogP contribution in [-0.2, 0) is 0 Å². The monoisotopic (exact) mass is 400 g/mol. The van der Waals surface area contributed by atoms with Crippen molar-refractivity contribution in [1.29, 1.82) is 0 Å². The maximum Gasteiger partial charge on any atom is 0.255 e. The summed E-state index contributed by atoms with van der Waals surface area (Å²) in [6.07, 6.45) is 0.836. The Balaban J connectivity index is 1.82. The SMILES string of the molecule is CCCOc1c(Cl)cc(C(=O)Nc2cccc(-c3n[nH]c(C)n3)c2)cc1OC. The molecule has 0 aliphatic heterocycles. The molecule has 2 aromatic carbocycles. The predicted molar refractivity (Wildman–Crippen MR) is 108 cm³/mol. The van der Waals surface area contributed by atoms with E-state index in [1.165, 1.54) is 7.11 Å². The lowest BCUT2D eigenvalue weighted by Gasteiger charge is -2.14. The van der Waals surface area contributed by atoms with Gasteiger partial charge in [-0.05, 0) is 37.6 Å². The standard InChI is InChI=1S/C20H21ClN4O3/c1-4-8-28-18-16(21)10-14(11-17(18)27-3)20(26)23-15-7-5-6-13(9-15)19-22-12(2)24-25-19/h5-7,9-11H,4,8H2,1-3H3,(H,23,26)(H,22,24,25). The Kier molecular flexibility index (Phi) is 6.16. The van der Waals surface area contributed by atoms with Crippen LogP contribution in [0.25, 0.3) is 11.4 Å². The number of amides is 1. The van der Waals surface area contributed by atoms with Crippen molar-refractivity contribution in [1.82, 2.24) is 15.2 Å². The second kappa shape index (κ2) is 8.75. The number of carbonyl (C=O) groups is 1. The van der Waals surface area contributed by atoms with E-state index in [0.29, 0.717) is 40.2 Å². The highest BCUT2D eigenvalue weighted by Gasteiger charge is 2.16. The molecule has 28 heavy (non-hydrogen) atoms. The normalized spacial score (nSPS) is 10.6. The molecular weight excluding hydrogens is 380 g/mol. The number of carbonyl (C=O) groups excluding carboxylic acids is 1. The van der Waals surface area contributed by atoms with E-state index in [0.717, 1.165) is 17.8 Å². The van der Waals surface area contributed by atoms with Crippen molar-refractivity contribution < 1.29 is 14.3 Å². The molecule has 1 amide bonds. The molecule has 0 aliphatic carbocycles. The largest absolute Gasteiger partial charge is 0.493 e. The number of H-pyrrole nitrogens is 1. The number of benzene rings is 2. The molecule has 1 heterocycles. The van der Waals surface area contributed by atoms with Crippen molar-refractivity contribution in [2.24, 2.45) is 0 Å². The summed E-state index contributed by atoms with van der Waals surface area (Å²) < 4.78 is 11.0. The Morgan fingerprint density at radius 2 is 2.11 bits per heavy atom. The molecule has 0 saturated carbocycles. The van der Waals surface area contributed by atoms with Gasteiger partial charge in [0.25, 0.3) is 5.91 Å². The number of aromatic nitrogens is 3. The van der Waals surface area contributed by atoms with Gasteiger partial charge in [0, 0.05) is 16.8 Å². The molecule has 0 bridgehead atoms. The van der Waals surface area contributed by atoms with Crippen molar-refractivity contribution in [2.75, 3.05) is 19.0 Å². The van der Waals surface area contributed by atoms with E-state index in [2.05, 4.69) is 20.5 Å². The molecule has 2 N–H and O–H groups in total. The number of halogens is 1. The van der Waals surface area contributed by atoms with Crippen LogP contribution in [0.1, 0.15) is 29.5 Å². The number of nitrogens with zero attached hydrogens (tertiary/aromatic N) is 2. The number of hydrogen-bond donors (Lipinski definition) is 2. The second-order valence-corrected chi connectivity index (χ2v) is 6.52. The Morgan fingerprint density at radius 1 is 1.29 bits per heavy atom. The minimum Gasteiger partial charge on any atom is -0.493 e. The minimum atomic E-state index is -0.314. The van der Waals surface area contributed by atoms with E-state index in [4.69, 9.17) is 21.1 Å². The summed E-state index contributed by atoms with van der Waals surface area (Å²) >= 11 is 6.30. The first-order chi connectivity index (χ1) is 13.5. The van der Waals surface area contributed by atoms with E-state index in [1.54, 1.807) is 24.3 Å². The molecule has 3 aromatic rings. The van der Waals surface area contributed by atoms with Crippen LogP contribution < -0.4 is 14.8 Å². The van der Waals surface area contributed by atoms with Gasteiger partial charge < -0.3 is 14.8 Å². The molecule has 0 unspecified atom stereocenters. The first-order valence-electron chi connectivity index (χ1n) is 8.83. The zero-order chi connectivity index (χ0) is 20.1. The molecule has 0 spiro atoms. The van der Waals surface area contributed by atoms with Gasteiger partial charge in [-0.15, -0.1) is 0 Å². The Morgan fingerprint density at radius 3 is 2.79 bits per heavy atom. The molecule has 1 aromatic heterocycles. The molecule has 0 saturated heterocycles. The van der Waals surface area contributed by atoms with Gasteiger partial charge in [-0.3, -0.25) is 9.89 Å². The zero-order valence-corrected chi connectivity index (χ0v) is 16.6. The fourth-order valence-corrected chi connectivity index (χ4v) is 2.87. The van der Waals surface area contributed by atoms with Crippen molar-refractivity contribution in [3.63, 3.8) is 0 Å². The number of aryl methyl sites for hydroxylation is 1. The summed E-state index contributed by atoms with van der Waals surface area (Å²) in [4.78, 5) is 17.0. The average molecular weight is 401 g/mol. The number of rotatable bonds is 7. The molecule has 0 aliphatic rings. The average Bonchev–Trinajstić information content (AvgIpc) is 3.13. The maximum absolute atomic E-state index is 12.7. The van der Waals surface area contributed by atoms with E-state index >= 15 is 0 Å². The molecule has 0 fully saturated rings. The fraction of sp³-hybridized carbons (Fsp3) is 0.250. The third-order valence-electron chi connectivity index (χ3n) is 3.92. The summed E-state index contributed by atoms with van der Waals surface area (Å²) in [6.45, 7) is 4.33. The number of anilines is 1. The third kappa shape index (κ3) is 4.43. The van der Waals surface area contributed by atoms with Crippen LogP contribution >= 0.6 is 11.6 Å². The molecule has 7 nitrogen and oxygen atoms in total. The first-order valence-corrected chi connectivity index (χ1v) is 9.20. The highest BCUT2D eigenvalue weighted by atomic mass is 35.5. The summed E-state index contributed by atoms with van der Waals surface area (Å²) in [5.74, 6) is 1.82. The molecule has 146 valence electrons. The lowest BCUT2D eigenvalue weighted by atomic mass is 10.1. The third-order valence-corrected chi connectivity index (χ3v) is 4.20. The van der Waals surface area contributed by atoms with Crippen molar-refractivity contribution in [2.45, 2.75) is 20.3 Å². The number of nitrogens with one attached hydrogen (secondary N) is 2. The molecule has 3 rings (SSSR count). The fourth-order valence-electron chi connectivity index (χ4n) is 2.61. The van der Waals surface area contributed by atoms with Gasteiger partial charge in [0.15, 0.2) is 17.3 Å². The number of hydrogen-bond acceptors (Lipinski definition) is 5. The predicted octanol–water partition coefficient (Wildman–Crippen LogP) is 4.48. The number of methoxy groups -OCH3 is 1. The van der Waals surface area contributed by atoms with Crippen LogP contribution in [0.2, 0.25) is 5.02 Å². The topological polar surface area (TPSA) is 89.1 Å². The lowest BCUT2D eigenvalue weighted by Crippen LogP contribution is -2.12. The van der Waals surface area contributed by atoms with Gasteiger partial charge in [0.1, 0.15) is 5.82 Å². The number of ether oxygens (including phenoxy) is 2. The van der Waals surface area contributed by atoms with Gasteiger partial charge in [0.05, 0.1) is 18.7 Å². The smallest absolute Gasteiger partial charge is 0.255 e. The molecule has 0 atom stereocenters.